The van der Waals surface area contributed by atoms with E-state index in [1.807, 2.05) is 4.68 Å². The number of fused-ring (bicyclic) bond motifs is 2. The summed E-state index contributed by atoms with van der Waals surface area (Å²) in [6.07, 6.45) is 1.04. The van der Waals surface area contributed by atoms with Crippen LogP contribution in [0.15, 0.2) is 18.2 Å². The zero-order valence-corrected chi connectivity index (χ0v) is 15.2. The fourth-order valence-electron chi connectivity index (χ4n) is 4.06. The second-order valence-corrected chi connectivity index (χ2v) is 7.27. The van der Waals surface area contributed by atoms with Crippen LogP contribution in [0, 0.1) is 0 Å². The average Bonchev–Trinajstić information content (AvgIpc) is 3.33. The Labute approximate surface area is 153 Å². The molecule has 2 aromatic rings. The smallest absolute Gasteiger partial charge is 0.245 e. The van der Waals surface area contributed by atoms with Crippen LogP contribution in [0.2, 0.25) is 0 Å². The predicted octanol–water partition coefficient (Wildman–Crippen LogP) is 1.63. The molecular formula is C19H25N5O2. The van der Waals surface area contributed by atoms with Gasteiger partial charge in [-0.2, -0.15) is 4.98 Å². The Morgan fingerprint density at radius 1 is 1.08 bits per heavy atom. The molecule has 1 saturated heterocycles. The zero-order chi connectivity index (χ0) is 17.5. The Balaban J connectivity index is 1.24. The van der Waals surface area contributed by atoms with E-state index >= 15 is 0 Å². The molecule has 0 radical (unpaired) electrons. The fraction of sp³-hybridized carbons (Fsp3) is 0.579. The molecule has 0 N–H and O–H groups in total. The number of aromatic nitrogens is 3. The van der Waals surface area contributed by atoms with Crippen LogP contribution >= 0.6 is 0 Å². The normalized spacial score (nSPS) is 21.2. The lowest BCUT2D eigenvalue weighted by atomic mass is 10.0. The summed E-state index contributed by atoms with van der Waals surface area (Å²) in [5.74, 6) is 2.87. The molecule has 0 bridgehead atoms. The van der Waals surface area contributed by atoms with Gasteiger partial charge in [-0.3, -0.25) is 4.90 Å². The van der Waals surface area contributed by atoms with Crippen molar-refractivity contribution in [3.63, 3.8) is 0 Å². The second-order valence-electron chi connectivity index (χ2n) is 7.27. The average molecular weight is 355 g/mol. The van der Waals surface area contributed by atoms with Crippen molar-refractivity contribution in [1.82, 2.24) is 19.7 Å². The number of anilines is 1. The van der Waals surface area contributed by atoms with Crippen molar-refractivity contribution < 1.29 is 9.47 Å². The highest BCUT2D eigenvalue weighted by molar-refractivity contribution is 5.41. The van der Waals surface area contributed by atoms with Crippen LogP contribution in [0.1, 0.15) is 29.9 Å². The molecule has 0 spiro atoms. The van der Waals surface area contributed by atoms with E-state index in [1.54, 1.807) is 0 Å². The summed E-state index contributed by atoms with van der Waals surface area (Å²) >= 11 is 0. The molecule has 26 heavy (non-hydrogen) atoms. The summed E-state index contributed by atoms with van der Waals surface area (Å²) in [5, 5.41) is 4.66. The van der Waals surface area contributed by atoms with Crippen LogP contribution in [0.25, 0.3) is 0 Å². The van der Waals surface area contributed by atoms with E-state index in [0.717, 1.165) is 69.9 Å². The quantitative estimate of drug-likeness (QED) is 0.834. The molecule has 7 heteroatoms. The van der Waals surface area contributed by atoms with E-state index < -0.39 is 0 Å². The molecule has 3 aliphatic rings. The van der Waals surface area contributed by atoms with E-state index in [0.29, 0.717) is 12.6 Å². The van der Waals surface area contributed by atoms with Gasteiger partial charge in [-0.25, -0.2) is 4.68 Å². The summed E-state index contributed by atoms with van der Waals surface area (Å²) < 4.78 is 13.2. The topological polar surface area (TPSA) is 55.7 Å². The Bertz CT molecular complexity index is 774. The number of benzene rings is 1. The van der Waals surface area contributed by atoms with Crippen LogP contribution < -0.4 is 9.64 Å². The Hall–Kier alpha value is -2.12. The van der Waals surface area contributed by atoms with Gasteiger partial charge in [0.05, 0.1) is 19.8 Å². The van der Waals surface area contributed by atoms with Gasteiger partial charge in [-0.05, 0) is 24.1 Å². The molecule has 138 valence electrons. The third kappa shape index (κ3) is 2.85. The first kappa shape index (κ1) is 16.1. The molecule has 4 heterocycles. The van der Waals surface area contributed by atoms with Gasteiger partial charge >= 0.3 is 0 Å². The summed E-state index contributed by atoms with van der Waals surface area (Å²) in [6, 6.07) is 7.11. The monoisotopic (exact) mass is 355 g/mol. The summed E-state index contributed by atoms with van der Waals surface area (Å²) in [6.45, 7) is 9.15. The minimum Gasteiger partial charge on any atom is -0.493 e. The van der Waals surface area contributed by atoms with Crippen LogP contribution in [0.3, 0.4) is 0 Å². The Kier molecular flexibility index (Phi) is 4.05. The first-order chi connectivity index (χ1) is 12.8. The highest BCUT2D eigenvalue weighted by Gasteiger charge is 2.26. The van der Waals surface area contributed by atoms with Gasteiger partial charge in [-0.1, -0.05) is 12.1 Å². The SMILES string of the molecule is CC(c1ccc2c(c1)OCC2)N1CCN(c2nc3n(n2)CCOC3)CC1. The molecule has 5 rings (SSSR count). The molecule has 1 aromatic heterocycles. The molecule has 1 fully saturated rings. The van der Waals surface area contributed by atoms with Gasteiger partial charge in [0, 0.05) is 38.6 Å². The minimum atomic E-state index is 0.392. The van der Waals surface area contributed by atoms with E-state index in [-0.39, 0.29) is 0 Å². The number of rotatable bonds is 3. The standard InChI is InChI=1S/C19H25N5O2/c1-14(16-3-2-15-4-10-26-17(15)12-16)22-5-7-23(8-6-22)19-20-18-13-25-11-9-24(18)21-19/h2-3,12,14H,4-11,13H2,1H3. The lowest BCUT2D eigenvalue weighted by Gasteiger charge is -2.37. The van der Waals surface area contributed by atoms with Crippen molar-refractivity contribution in [1.29, 1.82) is 0 Å². The second kappa shape index (κ2) is 6.55. The molecule has 0 saturated carbocycles. The highest BCUT2D eigenvalue weighted by Crippen LogP contribution is 2.31. The molecule has 1 aromatic carbocycles. The molecule has 0 aliphatic carbocycles. The minimum absolute atomic E-state index is 0.392. The summed E-state index contributed by atoms with van der Waals surface area (Å²) in [4.78, 5) is 9.49. The largest absolute Gasteiger partial charge is 0.493 e. The van der Waals surface area contributed by atoms with Crippen LogP contribution in [0.5, 0.6) is 5.75 Å². The maximum atomic E-state index is 5.74. The summed E-state index contributed by atoms with van der Waals surface area (Å²) in [5.41, 5.74) is 2.68. The maximum absolute atomic E-state index is 5.74. The van der Waals surface area contributed by atoms with E-state index in [2.05, 4.69) is 45.0 Å². The predicted molar refractivity (Wildman–Crippen MR) is 97.5 cm³/mol. The lowest BCUT2D eigenvalue weighted by Crippen LogP contribution is -2.47. The van der Waals surface area contributed by atoms with Gasteiger partial charge in [0.25, 0.3) is 0 Å². The third-order valence-electron chi connectivity index (χ3n) is 5.76. The molecule has 0 amide bonds. The van der Waals surface area contributed by atoms with Gasteiger partial charge in [0.15, 0.2) is 5.82 Å². The van der Waals surface area contributed by atoms with Crippen molar-refractivity contribution in [2.24, 2.45) is 0 Å². The van der Waals surface area contributed by atoms with Gasteiger partial charge in [-0.15, -0.1) is 5.10 Å². The van der Waals surface area contributed by atoms with Crippen LogP contribution in [0.4, 0.5) is 5.95 Å². The van der Waals surface area contributed by atoms with E-state index in [9.17, 15) is 0 Å². The number of piperazine rings is 1. The fourth-order valence-corrected chi connectivity index (χ4v) is 4.06. The van der Waals surface area contributed by atoms with Crippen LogP contribution in [-0.4, -0.2) is 59.1 Å². The number of nitrogens with zero attached hydrogens (tertiary/aromatic N) is 5. The molecule has 3 aliphatic heterocycles. The van der Waals surface area contributed by atoms with E-state index in [1.165, 1.54) is 11.1 Å². The zero-order valence-electron chi connectivity index (χ0n) is 15.2. The van der Waals surface area contributed by atoms with Gasteiger partial charge < -0.3 is 14.4 Å². The number of ether oxygens (including phenoxy) is 2. The van der Waals surface area contributed by atoms with E-state index in [4.69, 9.17) is 9.47 Å². The Morgan fingerprint density at radius 2 is 1.96 bits per heavy atom. The first-order valence-corrected chi connectivity index (χ1v) is 9.54. The van der Waals surface area contributed by atoms with Crippen molar-refractivity contribution in [2.75, 3.05) is 44.3 Å². The van der Waals surface area contributed by atoms with Crippen molar-refractivity contribution in [3.8, 4) is 5.75 Å². The Morgan fingerprint density at radius 3 is 2.81 bits per heavy atom. The van der Waals surface area contributed by atoms with Gasteiger partial charge in [0.1, 0.15) is 12.4 Å². The molecule has 1 unspecified atom stereocenters. The maximum Gasteiger partial charge on any atom is 0.245 e. The van der Waals surface area contributed by atoms with Gasteiger partial charge in [0.2, 0.25) is 5.95 Å². The third-order valence-corrected chi connectivity index (χ3v) is 5.76. The number of hydrogen-bond donors (Lipinski definition) is 0. The first-order valence-electron chi connectivity index (χ1n) is 9.54. The van der Waals surface area contributed by atoms with Crippen molar-refractivity contribution >= 4 is 5.95 Å². The lowest BCUT2D eigenvalue weighted by molar-refractivity contribution is 0.0769. The highest BCUT2D eigenvalue weighted by atomic mass is 16.5. The summed E-state index contributed by atoms with van der Waals surface area (Å²) in [7, 11) is 0. The van der Waals surface area contributed by atoms with Crippen molar-refractivity contribution in [3.05, 3.63) is 35.2 Å². The molecule has 7 nitrogen and oxygen atoms in total. The number of hydrogen-bond acceptors (Lipinski definition) is 6. The van der Waals surface area contributed by atoms with Crippen molar-refractivity contribution in [2.45, 2.75) is 32.5 Å². The molecule has 1 atom stereocenters. The van der Waals surface area contributed by atoms with Crippen LogP contribution in [-0.2, 0) is 24.3 Å². The molecular weight excluding hydrogens is 330 g/mol.